The lowest BCUT2D eigenvalue weighted by atomic mass is 9.84. The van der Waals surface area contributed by atoms with Gasteiger partial charge in [-0.15, -0.1) is 0 Å². The van der Waals surface area contributed by atoms with Gasteiger partial charge in [0, 0.05) is 5.41 Å². The molecule has 1 rings (SSSR count). The van der Waals surface area contributed by atoms with E-state index < -0.39 is 0 Å². The third-order valence-electron chi connectivity index (χ3n) is 2.29. The molecule has 0 bridgehead atoms. The van der Waals surface area contributed by atoms with Gasteiger partial charge in [-0.25, -0.2) is 0 Å². The van der Waals surface area contributed by atoms with Gasteiger partial charge in [0.15, 0.2) is 0 Å². The summed E-state index contributed by atoms with van der Waals surface area (Å²) in [7, 11) is 0. The Morgan fingerprint density at radius 1 is 1.45 bits per heavy atom. The second kappa shape index (κ2) is 3.55. The molecule has 0 aliphatic carbocycles. The van der Waals surface area contributed by atoms with Crippen LogP contribution in [0.2, 0.25) is 0 Å². The summed E-state index contributed by atoms with van der Waals surface area (Å²) >= 11 is 0. The molecule has 1 heterocycles. The molecule has 0 aromatic carbocycles. The van der Waals surface area contributed by atoms with Crippen molar-refractivity contribution < 1.29 is 9.47 Å². The van der Waals surface area contributed by atoms with Crippen molar-refractivity contribution in [2.24, 2.45) is 5.41 Å². The lowest BCUT2D eigenvalue weighted by molar-refractivity contribution is -0.157. The highest BCUT2D eigenvalue weighted by Crippen LogP contribution is 2.31. The third-order valence-corrected chi connectivity index (χ3v) is 2.29. The van der Waals surface area contributed by atoms with Crippen molar-refractivity contribution in [2.45, 2.75) is 33.3 Å². The van der Waals surface area contributed by atoms with E-state index in [1.807, 2.05) is 0 Å². The number of hydrogen-bond acceptors (Lipinski definition) is 2. The molecule has 0 aromatic heterocycles. The first-order chi connectivity index (χ1) is 5.18. The lowest BCUT2D eigenvalue weighted by Gasteiger charge is -2.40. The van der Waals surface area contributed by atoms with Gasteiger partial charge in [-0.3, -0.25) is 0 Å². The van der Waals surface area contributed by atoms with E-state index in [4.69, 9.17) is 9.47 Å². The van der Waals surface area contributed by atoms with Gasteiger partial charge in [-0.05, 0) is 20.3 Å². The maximum absolute atomic E-state index is 5.56. The quantitative estimate of drug-likeness (QED) is 0.621. The van der Waals surface area contributed by atoms with Crippen LogP contribution < -0.4 is 0 Å². The van der Waals surface area contributed by atoms with E-state index in [0.717, 1.165) is 19.8 Å². The van der Waals surface area contributed by atoms with Gasteiger partial charge < -0.3 is 9.47 Å². The second-order valence-corrected chi connectivity index (χ2v) is 3.71. The zero-order chi connectivity index (χ0) is 8.32. The summed E-state index contributed by atoms with van der Waals surface area (Å²) in [5, 5.41) is 0. The fourth-order valence-corrected chi connectivity index (χ4v) is 1.12. The zero-order valence-electron chi connectivity index (χ0n) is 7.72. The molecule has 0 aromatic rings. The molecule has 0 unspecified atom stereocenters. The van der Waals surface area contributed by atoms with E-state index in [1.54, 1.807) is 0 Å². The molecule has 0 atom stereocenters. The first kappa shape index (κ1) is 9.01. The van der Waals surface area contributed by atoms with Crippen LogP contribution in [0.5, 0.6) is 0 Å². The molecule has 1 aliphatic rings. The highest BCUT2D eigenvalue weighted by molar-refractivity contribution is 4.83. The standard InChI is InChI=1S/C9H18O2/c1-4-9(5-10-6-9)7-11-8(2)3/h8H,4-7H2,1-3H3. The van der Waals surface area contributed by atoms with Gasteiger partial charge in [0.25, 0.3) is 0 Å². The molecule has 0 spiro atoms. The number of ether oxygens (including phenoxy) is 2. The minimum atomic E-state index is 0.346. The van der Waals surface area contributed by atoms with E-state index >= 15 is 0 Å². The summed E-state index contributed by atoms with van der Waals surface area (Å²) in [6, 6.07) is 0. The minimum Gasteiger partial charge on any atom is -0.380 e. The fraction of sp³-hybridized carbons (Fsp3) is 1.00. The molecule has 0 radical (unpaired) electrons. The summed E-state index contributed by atoms with van der Waals surface area (Å²) in [5.41, 5.74) is 0.351. The zero-order valence-corrected chi connectivity index (χ0v) is 7.72. The van der Waals surface area contributed by atoms with Crippen LogP contribution in [-0.2, 0) is 9.47 Å². The molecular weight excluding hydrogens is 140 g/mol. The van der Waals surface area contributed by atoms with Gasteiger partial charge in [0.1, 0.15) is 0 Å². The smallest absolute Gasteiger partial charge is 0.0570 e. The largest absolute Gasteiger partial charge is 0.380 e. The predicted octanol–water partition coefficient (Wildman–Crippen LogP) is 1.84. The van der Waals surface area contributed by atoms with Crippen LogP contribution in [0.25, 0.3) is 0 Å². The van der Waals surface area contributed by atoms with Crippen molar-refractivity contribution in [3.63, 3.8) is 0 Å². The fourth-order valence-electron chi connectivity index (χ4n) is 1.12. The molecule has 1 fully saturated rings. The first-order valence-electron chi connectivity index (χ1n) is 4.38. The predicted molar refractivity (Wildman–Crippen MR) is 44.6 cm³/mol. The molecular formula is C9H18O2. The topological polar surface area (TPSA) is 18.5 Å². The maximum Gasteiger partial charge on any atom is 0.0570 e. The van der Waals surface area contributed by atoms with E-state index in [-0.39, 0.29) is 0 Å². The van der Waals surface area contributed by atoms with Gasteiger partial charge in [-0.1, -0.05) is 6.92 Å². The van der Waals surface area contributed by atoms with Crippen LogP contribution in [0.3, 0.4) is 0 Å². The highest BCUT2D eigenvalue weighted by Gasteiger charge is 2.37. The van der Waals surface area contributed by atoms with E-state index in [2.05, 4.69) is 20.8 Å². The SMILES string of the molecule is CCC1(COC(C)C)COC1. The Hall–Kier alpha value is -0.0800. The normalized spacial score (nSPS) is 21.8. The summed E-state index contributed by atoms with van der Waals surface area (Å²) in [6.45, 7) is 8.98. The molecule has 0 amide bonds. The van der Waals surface area contributed by atoms with Crippen molar-refractivity contribution in [3.05, 3.63) is 0 Å². The van der Waals surface area contributed by atoms with Crippen LogP contribution in [0.4, 0.5) is 0 Å². The Kier molecular flexibility index (Phi) is 2.90. The van der Waals surface area contributed by atoms with Crippen LogP contribution >= 0.6 is 0 Å². The van der Waals surface area contributed by atoms with Crippen molar-refractivity contribution in [2.75, 3.05) is 19.8 Å². The lowest BCUT2D eigenvalue weighted by Crippen LogP contribution is -2.46. The summed E-state index contributed by atoms with van der Waals surface area (Å²) in [6.07, 6.45) is 1.51. The van der Waals surface area contributed by atoms with Crippen LogP contribution in [-0.4, -0.2) is 25.9 Å². The van der Waals surface area contributed by atoms with Crippen molar-refractivity contribution in [1.82, 2.24) is 0 Å². The Morgan fingerprint density at radius 2 is 2.09 bits per heavy atom. The third kappa shape index (κ3) is 2.17. The summed E-state index contributed by atoms with van der Waals surface area (Å²) in [4.78, 5) is 0. The van der Waals surface area contributed by atoms with Crippen molar-refractivity contribution >= 4 is 0 Å². The molecule has 0 N–H and O–H groups in total. The first-order valence-corrected chi connectivity index (χ1v) is 4.38. The Morgan fingerprint density at radius 3 is 2.36 bits per heavy atom. The number of hydrogen-bond donors (Lipinski definition) is 0. The maximum atomic E-state index is 5.56. The average Bonchev–Trinajstić information content (AvgIpc) is 1.86. The van der Waals surface area contributed by atoms with Gasteiger partial charge in [0.2, 0.25) is 0 Å². The summed E-state index contributed by atoms with van der Waals surface area (Å²) in [5.74, 6) is 0. The van der Waals surface area contributed by atoms with Crippen LogP contribution in [0, 0.1) is 5.41 Å². The molecule has 11 heavy (non-hydrogen) atoms. The molecule has 0 saturated carbocycles. The average molecular weight is 158 g/mol. The molecule has 2 nitrogen and oxygen atoms in total. The molecule has 2 heteroatoms. The Bertz CT molecular complexity index is 111. The monoisotopic (exact) mass is 158 g/mol. The molecule has 1 saturated heterocycles. The van der Waals surface area contributed by atoms with Crippen molar-refractivity contribution in [3.8, 4) is 0 Å². The molecule has 66 valence electrons. The van der Waals surface area contributed by atoms with E-state index in [0.29, 0.717) is 11.5 Å². The minimum absolute atomic E-state index is 0.346. The van der Waals surface area contributed by atoms with Crippen molar-refractivity contribution in [1.29, 1.82) is 0 Å². The van der Waals surface area contributed by atoms with Gasteiger partial charge in [0.05, 0.1) is 25.9 Å². The van der Waals surface area contributed by atoms with Gasteiger partial charge >= 0.3 is 0 Å². The Labute approximate surface area is 68.9 Å². The highest BCUT2D eigenvalue weighted by atomic mass is 16.5. The summed E-state index contributed by atoms with van der Waals surface area (Å²) < 4.78 is 10.7. The number of rotatable bonds is 4. The van der Waals surface area contributed by atoms with Crippen LogP contribution in [0.15, 0.2) is 0 Å². The van der Waals surface area contributed by atoms with Crippen LogP contribution in [0.1, 0.15) is 27.2 Å². The Balaban J connectivity index is 2.22. The van der Waals surface area contributed by atoms with E-state index in [9.17, 15) is 0 Å². The van der Waals surface area contributed by atoms with Gasteiger partial charge in [-0.2, -0.15) is 0 Å². The van der Waals surface area contributed by atoms with E-state index in [1.165, 1.54) is 6.42 Å². The molecule has 1 aliphatic heterocycles. The second-order valence-electron chi connectivity index (χ2n) is 3.71.